The highest BCUT2D eigenvalue weighted by molar-refractivity contribution is 5.81. The summed E-state index contributed by atoms with van der Waals surface area (Å²) in [5.74, 6) is 0. The van der Waals surface area contributed by atoms with Crippen LogP contribution in [0.25, 0.3) is 10.9 Å². The molecule has 1 aliphatic rings. The van der Waals surface area contributed by atoms with Crippen molar-refractivity contribution in [2.24, 2.45) is 0 Å². The van der Waals surface area contributed by atoms with Crippen LogP contribution in [0.1, 0.15) is 18.4 Å². The quantitative estimate of drug-likeness (QED) is 0.824. The Hall–Kier alpha value is -1.39. The highest BCUT2D eigenvalue weighted by Gasteiger charge is 2.17. The average molecular weight is 231 g/mol. The maximum atomic E-state index is 9.49. The van der Waals surface area contributed by atoms with Gasteiger partial charge in [0.05, 0.1) is 17.8 Å². The molecule has 0 amide bonds. The molecule has 1 saturated heterocycles. The molecular weight excluding hydrogens is 214 g/mol. The van der Waals surface area contributed by atoms with E-state index < -0.39 is 0 Å². The number of aliphatic hydroxyl groups excluding tert-OH is 1. The molecule has 0 atom stereocenters. The van der Waals surface area contributed by atoms with Gasteiger partial charge < -0.3 is 5.11 Å². The highest BCUT2D eigenvalue weighted by Crippen LogP contribution is 2.19. The number of rotatable bonds is 2. The molecule has 2 aromatic rings. The number of hydrogen-bond donors (Lipinski definition) is 2. The molecule has 1 aromatic heterocycles. The third-order valence-electron chi connectivity index (χ3n) is 3.51. The number of piperidine rings is 1. The van der Waals surface area contributed by atoms with Crippen molar-refractivity contribution in [1.29, 1.82) is 0 Å². The minimum absolute atomic E-state index is 0.103. The molecule has 0 saturated carbocycles. The second-order valence-corrected chi connectivity index (χ2v) is 4.76. The summed E-state index contributed by atoms with van der Waals surface area (Å²) in [6.07, 6.45) is 3.53. The van der Waals surface area contributed by atoms with E-state index in [1.165, 1.54) is 10.9 Å². The zero-order valence-electron chi connectivity index (χ0n) is 9.76. The lowest BCUT2D eigenvalue weighted by molar-refractivity contribution is 0.0794. The first-order valence-electron chi connectivity index (χ1n) is 6.14. The van der Waals surface area contributed by atoms with E-state index in [1.54, 1.807) is 0 Å². The summed E-state index contributed by atoms with van der Waals surface area (Å²) < 4.78 is 0. The van der Waals surface area contributed by atoms with Crippen molar-refractivity contribution >= 4 is 10.9 Å². The van der Waals surface area contributed by atoms with Gasteiger partial charge in [-0.1, -0.05) is 18.2 Å². The van der Waals surface area contributed by atoms with Crippen LogP contribution in [0.4, 0.5) is 0 Å². The van der Waals surface area contributed by atoms with Gasteiger partial charge in [-0.2, -0.15) is 5.10 Å². The Balaban J connectivity index is 1.78. The lowest BCUT2D eigenvalue weighted by Crippen LogP contribution is -2.35. The maximum absolute atomic E-state index is 9.49. The van der Waals surface area contributed by atoms with E-state index in [0.717, 1.165) is 38.0 Å². The number of H-pyrrole nitrogens is 1. The molecule has 0 aliphatic carbocycles. The number of fused-ring (bicyclic) bond motifs is 1. The van der Waals surface area contributed by atoms with E-state index >= 15 is 0 Å². The molecule has 4 heteroatoms. The molecule has 3 rings (SSSR count). The lowest BCUT2D eigenvalue weighted by Gasteiger charge is -2.29. The number of likely N-dealkylation sites (tertiary alicyclic amines) is 1. The molecule has 17 heavy (non-hydrogen) atoms. The number of hydrogen-bond acceptors (Lipinski definition) is 3. The standard InChI is InChI=1S/C13H17N3O/c17-12-4-6-16(7-5-12)9-11-3-1-2-10-8-14-15-13(10)11/h1-3,8,12,17H,4-7,9H2,(H,14,15). The SMILES string of the molecule is OC1CCN(Cc2cccc3cn[nH]c23)CC1. The van der Waals surface area contributed by atoms with Crippen LogP contribution in [0, 0.1) is 0 Å². The number of benzene rings is 1. The number of nitrogens with zero attached hydrogens (tertiary/aromatic N) is 2. The van der Waals surface area contributed by atoms with Crippen LogP contribution in [-0.2, 0) is 6.54 Å². The van der Waals surface area contributed by atoms with Crippen LogP contribution in [0.3, 0.4) is 0 Å². The van der Waals surface area contributed by atoms with Crippen LogP contribution in [-0.4, -0.2) is 39.4 Å². The predicted molar refractivity (Wildman–Crippen MR) is 66.6 cm³/mol. The molecule has 0 bridgehead atoms. The third-order valence-corrected chi connectivity index (χ3v) is 3.51. The van der Waals surface area contributed by atoms with E-state index in [1.807, 2.05) is 6.20 Å². The first-order chi connectivity index (χ1) is 8.33. The van der Waals surface area contributed by atoms with Crippen molar-refractivity contribution in [1.82, 2.24) is 15.1 Å². The molecule has 1 fully saturated rings. The largest absolute Gasteiger partial charge is 0.393 e. The van der Waals surface area contributed by atoms with Gasteiger partial charge in [0.1, 0.15) is 0 Å². The first-order valence-corrected chi connectivity index (χ1v) is 6.14. The van der Waals surface area contributed by atoms with Gasteiger partial charge in [-0.3, -0.25) is 10.00 Å². The summed E-state index contributed by atoms with van der Waals surface area (Å²) in [5.41, 5.74) is 2.43. The van der Waals surface area contributed by atoms with Gasteiger partial charge >= 0.3 is 0 Å². The van der Waals surface area contributed by atoms with Crippen molar-refractivity contribution in [2.75, 3.05) is 13.1 Å². The summed E-state index contributed by atoms with van der Waals surface area (Å²) in [4.78, 5) is 2.39. The molecule has 0 spiro atoms. The minimum Gasteiger partial charge on any atom is -0.393 e. The van der Waals surface area contributed by atoms with Gasteiger partial charge in [0.2, 0.25) is 0 Å². The molecule has 4 nitrogen and oxygen atoms in total. The third kappa shape index (κ3) is 2.18. The van der Waals surface area contributed by atoms with E-state index in [0.29, 0.717) is 0 Å². The molecule has 0 unspecified atom stereocenters. The van der Waals surface area contributed by atoms with Crippen molar-refractivity contribution in [3.8, 4) is 0 Å². The molecule has 90 valence electrons. The summed E-state index contributed by atoms with van der Waals surface area (Å²) in [7, 11) is 0. The summed E-state index contributed by atoms with van der Waals surface area (Å²) in [6, 6.07) is 6.29. The number of aromatic nitrogens is 2. The second kappa shape index (κ2) is 4.47. The topological polar surface area (TPSA) is 52.1 Å². The molecular formula is C13H17N3O. The summed E-state index contributed by atoms with van der Waals surface area (Å²) in [5, 5.41) is 17.8. The molecule has 0 radical (unpaired) electrons. The number of aliphatic hydroxyl groups is 1. The lowest BCUT2D eigenvalue weighted by atomic mass is 10.1. The van der Waals surface area contributed by atoms with E-state index in [2.05, 4.69) is 33.3 Å². The Bertz CT molecular complexity index is 500. The summed E-state index contributed by atoms with van der Waals surface area (Å²) >= 11 is 0. The fourth-order valence-electron chi connectivity index (χ4n) is 2.48. The highest BCUT2D eigenvalue weighted by atomic mass is 16.3. The van der Waals surface area contributed by atoms with Gasteiger partial charge in [0, 0.05) is 25.0 Å². The van der Waals surface area contributed by atoms with Crippen molar-refractivity contribution in [3.63, 3.8) is 0 Å². The maximum Gasteiger partial charge on any atom is 0.0695 e. The predicted octanol–water partition coefficient (Wildman–Crippen LogP) is 1.52. The molecule has 2 heterocycles. The summed E-state index contributed by atoms with van der Waals surface area (Å²) in [6.45, 7) is 2.89. The van der Waals surface area contributed by atoms with Crippen LogP contribution in [0.5, 0.6) is 0 Å². The molecule has 2 N–H and O–H groups in total. The van der Waals surface area contributed by atoms with Gasteiger partial charge in [-0.25, -0.2) is 0 Å². The van der Waals surface area contributed by atoms with E-state index in [9.17, 15) is 5.11 Å². The van der Waals surface area contributed by atoms with Gasteiger partial charge in [-0.15, -0.1) is 0 Å². The number of aromatic amines is 1. The smallest absolute Gasteiger partial charge is 0.0695 e. The second-order valence-electron chi connectivity index (χ2n) is 4.76. The Labute approximate surface area is 100 Å². The zero-order chi connectivity index (χ0) is 11.7. The van der Waals surface area contributed by atoms with Crippen molar-refractivity contribution < 1.29 is 5.11 Å². The molecule has 1 aliphatic heterocycles. The number of nitrogens with one attached hydrogen (secondary N) is 1. The zero-order valence-corrected chi connectivity index (χ0v) is 9.76. The van der Waals surface area contributed by atoms with E-state index in [4.69, 9.17) is 0 Å². The Morgan fingerprint density at radius 1 is 1.35 bits per heavy atom. The van der Waals surface area contributed by atoms with Crippen LogP contribution in [0.2, 0.25) is 0 Å². The normalized spacial score (nSPS) is 18.9. The van der Waals surface area contributed by atoms with Crippen LogP contribution in [0.15, 0.2) is 24.4 Å². The van der Waals surface area contributed by atoms with Gasteiger partial charge in [0.15, 0.2) is 0 Å². The fourth-order valence-corrected chi connectivity index (χ4v) is 2.48. The molecule has 1 aromatic carbocycles. The first kappa shape index (κ1) is 10.7. The van der Waals surface area contributed by atoms with Gasteiger partial charge in [0.25, 0.3) is 0 Å². The van der Waals surface area contributed by atoms with Gasteiger partial charge in [-0.05, 0) is 18.4 Å². The number of para-hydroxylation sites is 1. The Morgan fingerprint density at radius 3 is 3.00 bits per heavy atom. The van der Waals surface area contributed by atoms with E-state index in [-0.39, 0.29) is 6.10 Å². The van der Waals surface area contributed by atoms with Crippen LogP contribution >= 0.6 is 0 Å². The Kier molecular flexibility index (Phi) is 2.82. The van der Waals surface area contributed by atoms with Crippen LogP contribution < -0.4 is 0 Å². The van der Waals surface area contributed by atoms with Crippen molar-refractivity contribution in [3.05, 3.63) is 30.0 Å². The Morgan fingerprint density at radius 2 is 2.18 bits per heavy atom. The monoisotopic (exact) mass is 231 g/mol. The average Bonchev–Trinajstić information content (AvgIpc) is 2.81. The minimum atomic E-state index is -0.103. The fraction of sp³-hybridized carbons (Fsp3) is 0.462. The van der Waals surface area contributed by atoms with Crippen molar-refractivity contribution in [2.45, 2.75) is 25.5 Å².